The Labute approximate surface area is 128 Å². The maximum Gasteiger partial charge on any atom is 0.303 e. The second-order valence-corrected chi connectivity index (χ2v) is 5.94. The van der Waals surface area contributed by atoms with Crippen LogP contribution in [0.2, 0.25) is 0 Å². The first-order valence-corrected chi connectivity index (χ1v) is 7.72. The number of nitrogens with zero attached hydrogens (tertiary/aromatic N) is 1. The third-order valence-corrected chi connectivity index (χ3v) is 4.39. The third-order valence-electron chi connectivity index (χ3n) is 4.39. The number of aliphatic carboxylic acids is 1. The van der Waals surface area contributed by atoms with Gasteiger partial charge in [-0.15, -0.1) is 0 Å². The molecule has 1 atom stereocenters. The number of amides is 1. The number of hydrogen-bond acceptors (Lipinski definition) is 2. The number of para-hydroxylation sites is 1. The lowest BCUT2D eigenvalue weighted by Crippen LogP contribution is -2.40. The van der Waals surface area contributed by atoms with Crippen molar-refractivity contribution in [3.8, 4) is 0 Å². The van der Waals surface area contributed by atoms with Gasteiger partial charge >= 0.3 is 5.97 Å². The van der Waals surface area contributed by atoms with Crippen LogP contribution in [0.4, 0.5) is 0 Å². The average molecular weight is 300 g/mol. The van der Waals surface area contributed by atoms with Gasteiger partial charge in [-0.1, -0.05) is 12.1 Å². The van der Waals surface area contributed by atoms with E-state index >= 15 is 0 Å². The number of aromatic nitrogens is 1. The van der Waals surface area contributed by atoms with E-state index in [4.69, 9.17) is 5.11 Å². The Morgan fingerprint density at radius 1 is 1.32 bits per heavy atom. The number of carboxylic acids is 1. The van der Waals surface area contributed by atoms with E-state index in [0.29, 0.717) is 18.5 Å². The van der Waals surface area contributed by atoms with Crippen molar-refractivity contribution in [1.29, 1.82) is 0 Å². The Morgan fingerprint density at radius 3 is 3.00 bits per heavy atom. The van der Waals surface area contributed by atoms with Crippen LogP contribution in [0.25, 0.3) is 10.9 Å². The number of carbonyl (C=O) groups is 2. The highest BCUT2D eigenvalue weighted by atomic mass is 16.4. The molecule has 0 unspecified atom stereocenters. The average Bonchev–Trinajstić information content (AvgIpc) is 3.01. The van der Waals surface area contributed by atoms with E-state index in [1.807, 2.05) is 35.4 Å². The number of rotatable bonds is 4. The fourth-order valence-corrected chi connectivity index (χ4v) is 3.25. The van der Waals surface area contributed by atoms with Crippen LogP contribution in [-0.2, 0) is 4.79 Å². The van der Waals surface area contributed by atoms with Gasteiger partial charge in [0.05, 0.1) is 11.1 Å². The van der Waals surface area contributed by atoms with Crippen molar-refractivity contribution in [2.75, 3.05) is 13.1 Å². The molecule has 116 valence electrons. The molecule has 0 spiro atoms. The van der Waals surface area contributed by atoms with E-state index in [-0.39, 0.29) is 18.2 Å². The highest BCUT2D eigenvalue weighted by molar-refractivity contribution is 6.05. The second kappa shape index (κ2) is 6.22. The van der Waals surface area contributed by atoms with Gasteiger partial charge in [0.15, 0.2) is 0 Å². The minimum absolute atomic E-state index is 0.0353. The van der Waals surface area contributed by atoms with Gasteiger partial charge in [0.1, 0.15) is 0 Å². The van der Waals surface area contributed by atoms with Gasteiger partial charge in [0.2, 0.25) is 0 Å². The molecule has 2 N–H and O–H groups in total. The molecule has 0 aliphatic carbocycles. The van der Waals surface area contributed by atoms with E-state index in [9.17, 15) is 9.59 Å². The number of aromatic amines is 1. The number of piperidine rings is 1. The van der Waals surface area contributed by atoms with Crippen LogP contribution in [-0.4, -0.2) is 40.0 Å². The van der Waals surface area contributed by atoms with Crippen molar-refractivity contribution in [2.24, 2.45) is 5.92 Å². The normalized spacial score (nSPS) is 18.5. The van der Waals surface area contributed by atoms with E-state index in [2.05, 4.69) is 4.98 Å². The van der Waals surface area contributed by atoms with Crippen molar-refractivity contribution in [2.45, 2.75) is 25.7 Å². The second-order valence-electron chi connectivity index (χ2n) is 5.94. The minimum Gasteiger partial charge on any atom is -0.481 e. The third kappa shape index (κ3) is 2.98. The molecular formula is C17H20N2O3. The lowest BCUT2D eigenvalue weighted by Gasteiger charge is -2.32. The van der Waals surface area contributed by atoms with Crippen LogP contribution in [0.3, 0.4) is 0 Å². The molecule has 0 bridgehead atoms. The minimum atomic E-state index is -0.764. The van der Waals surface area contributed by atoms with Crippen LogP contribution in [0.15, 0.2) is 30.5 Å². The highest BCUT2D eigenvalue weighted by Gasteiger charge is 2.25. The van der Waals surface area contributed by atoms with Crippen LogP contribution in [0.5, 0.6) is 0 Å². The van der Waals surface area contributed by atoms with Crippen molar-refractivity contribution in [3.05, 3.63) is 36.0 Å². The number of benzene rings is 1. The Balaban J connectivity index is 1.74. The van der Waals surface area contributed by atoms with Gasteiger partial charge in [-0.3, -0.25) is 9.59 Å². The predicted octanol–water partition coefficient (Wildman–Crippen LogP) is 2.88. The van der Waals surface area contributed by atoms with Crippen molar-refractivity contribution < 1.29 is 14.7 Å². The zero-order valence-electron chi connectivity index (χ0n) is 12.4. The van der Waals surface area contributed by atoms with Crippen LogP contribution < -0.4 is 0 Å². The number of carbonyl (C=O) groups excluding carboxylic acids is 1. The highest BCUT2D eigenvalue weighted by Crippen LogP contribution is 2.24. The summed E-state index contributed by atoms with van der Waals surface area (Å²) in [4.78, 5) is 28.5. The van der Waals surface area contributed by atoms with Crippen LogP contribution in [0.1, 0.15) is 36.0 Å². The molecule has 1 aliphatic rings. The van der Waals surface area contributed by atoms with Gasteiger partial charge in [-0.2, -0.15) is 0 Å². The number of hydrogen-bond donors (Lipinski definition) is 2. The van der Waals surface area contributed by atoms with Gasteiger partial charge in [-0.25, -0.2) is 0 Å². The summed E-state index contributed by atoms with van der Waals surface area (Å²) in [6.07, 6.45) is 4.61. The quantitative estimate of drug-likeness (QED) is 0.912. The molecule has 1 aliphatic heterocycles. The van der Waals surface area contributed by atoms with E-state index in [1.54, 1.807) is 0 Å². The molecule has 1 fully saturated rings. The number of likely N-dealkylation sites (tertiary alicyclic amines) is 1. The summed E-state index contributed by atoms with van der Waals surface area (Å²) < 4.78 is 0. The molecule has 1 aromatic carbocycles. The van der Waals surface area contributed by atoms with Gasteiger partial charge in [0.25, 0.3) is 5.91 Å². The fourth-order valence-electron chi connectivity index (χ4n) is 3.25. The lowest BCUT2D eigenvalue weighted by molar-refractivity contribution is -0.137. The van der Waals surface area contributed by atoms with Gasteiger partial charge < -0.3 is 15.0 Å². The molecule has 3 rings (SSSR count). The molecule has 5 nitrogen and oxygen atoms in total. The summed E-state index contributed by atoms with van der Waals surface area (Å²) in [5.74, 6) is -0.440. The molecule has 22 heavy (non-hydrogen) atoms. The van der Waals surface area contributed by atoms with Crippen molar-refractivity contribution in [3.63, 3.8) is 0 Å². The first-order chi connectivity index (χ1) is 10.6. The molecule has 1 amide bonds. The van der Waals surface area contributed by atoms with E-state index < -0.39 is 5.97 Å². The maximum atomic E-state index is 12.8. The summed E-state index contributed by atoms with van der Waals surface area (Å²) in [7, 11) is 0. The Hall–Kier alpha value is -2.30. The molecule has 0 saturated carbocycles. The topological polar surface area (TPSA) is 73.4 Å². The van der Waals surface area contributed by atoms with E-state index in [1.165, 1.54) is 0 Å². The fraction of sp³-hybridized carbons (Fsp3) is 0.412. The molecule has 0 radical (unpaired) electrons. The monoisotopic (exact) mass is 300 g/mol. The Kier molecular flexibility index (Phi) is 4.13. The summed E-state index contributed by atoms with van der Waals surface area (Å²) in [5, 5.41) is 9.84. The molecule has 1 saturated heterocycles. The first-order valence-electron chi connectivity index (χ1n) is 7.72. The molecule has 2 heterocycles. The molecular weight excluding hydrogens is 280 g/mol. The van der Waals surface area contributed by atoms with Gasteiger partial charge in [-0.05, 0) is 37.3 Å². The summed E-state index contributed by atoms with van der Waals surface area (Å²) >= 11 is 0. The molecule has 1 aromatic heterocycles. The van der Waals surface area contributed by atoms with E-state index in [0.717, 1.165) is 30.3 Å². The summed E-state index contributed by atoms with van der Waals surface area (Å²) in [6, 6.07) is 7.68. The van der Waals surface area contributed by atoms with Crippen LogP contribution >= 0.6 is 0 Å². The molecule has 5 heteroatoms. The zero-order chi connectivity index (χ0) is 15.5. The number of nitrogens with one attached hydrogen (secondary N) is 1. The smallest absolute Gasteiger partial charge is 0.303 e. The first kappa shape index (κ1) is 14.6. The van der Waals surface area contributed by atoms with Crippen LogP contribution in [0, 0.1) is 5.92 Å². The molecule has 2 aromatic rings. The zero-order valence-corrected chi connectivity index (χ0v) is 12.4. The van der Waals surface area contributed by atoms with Gasteiger partial charge in [0, 0.05) is 31.1 Å². The summed E-state index contributed by atoms with van der Waals surface area (Å²) in [6.45, 7) is 1.41. The van der Waals surface area contributed by atoms with Crippen molar-refractivity contribution >= 4 is 22.8 Å². The largest absolute Gasteiger partial charge is 0.481 e. The SMILES string of the molecule is O=C(O)CC[C@H]1CCCN(C(=O)c2cccc3cc[nH]c23)C1. The standard InChI is InChI=1S/C17H20N2O3/c20-15(21)7-6-12-3-2-10-19(11-12)17(22)14-5-1-4-13-8-9-18-16(13)14/h1,4-5,8-9,12,18H,2-3,6-7,10-11H2,(H,20,21)/t12-/m1/s1. The lowest BCUT2D eigenvalue weighted by atomic mass is 9.93. The Bertz CT molecular complexity index is 692. The number of fused-ring (bicyclic) bond motifs is 1. The maximum absolute atomic E-state index is 12.8. The summed E-state index contributed by atoms with van der Waals surface area (Å²) in [5.41, 5.74) is 1.57. The number of H-pyrrole nitrogens is 1. The number of carboxylic acid groups (broad SMARTS) is 1. The predicted molar refractivity (Wildman–Crippen MR) is 83.8 cm³/mol. The van der Waals surface area contributed by atoms with Crippen molar-refractivity contribution in [1.82, 2.24) is 9.88 Å². The Morgan fingerprint density at radius 2 is 2.18 bits per heavy atom.